The third-order valence-electron chi connectivity index (χ3n) is 2.31. The molecule has 0 bridgehead atoms. The second-order valence-electron chi connectivity index (χ2n) is 3.58. The van der Waals surface area contributed by atoms with E-state index >= 15 is 0 Å². The highest BCUT2D eigenvalue weighted by atomic mass is 35.5. The van der Waals surface area contributed by atoms with Crippen LogP contribution in [-0.4, -0.2) is 7.11 Å². The quantitative estimate of drug-likeness (QED) is 0.857. The molecule has 0 amide bonds. The maximum absolute atomic E-state index is 13.8. The number of hydrogen-bond donors (Lipinski definition) is 1. The van der Waals surface area contributed by atoms with Gasteiger partial charge in [-0.3, -0.25) is 0 Å². The summed E-state index contributed by atoms with van der Waals surface area (Å²) in [5.41, 5.74) is 5.91. The average Bonchev–Trinajstić information content (AvgIpc) is 2.33. The Bertz CT molecular complexity index is 577. The molecule has 0 aliphatic rings. The van der Waals surface area contributed by atoms with Crippen molar-refractivity contribution >= 4 is 29.1 Å². The molecule has 0 heterocycles. The first-order valence-corrected chi connectivity index (χ1v) is 6.36. The van der Waals surface area contributed by atoms with Crippen molar-refractivity contribution in [3.05, 3.63) is 47.2 Å². The van der Waals surface area contributed by atoms with E-state index in [-0.39, 0.29) is 11.5 Å². The Labute approximate surface area is 114 Å². The number of nitrogen functional groups attached to an aromatic ring is 1. The topological polar surface area (TPSA) is 35.2 Å². The third kappa shape index (κ3) is 2.89. The van der Waals surface area contributed by atoms with Crippen LogP contribution >= 0.6 is 23.4 Å². The van der Waals surface area contributed by atoms with Gasteiger partial charge in [0.2, 0.25) is 0 Å². The Morgan fingerprint density at radius 3 is 2.72 bits per heavy atom. The van der Waals surface area contributed by atoms with E-state index in [4.69, 9.17) is 22.1 Å². The standard InChI is InChI=1S/C13H11ClFNOS/c1-17-12-7-13(10(15)6-11(12)16)18-9-4-2-3-8(14)5-9/h2-7H,16H2,1H3. The van der Waals surface area contributed by atoms with E-state index in [0.29, 0.717) is 15.7 Å². The molecule has 0 radical (unpaired) electrons. The largest absolute Gasteiger partial charge is 0.495 e. The lowest BCUT2D eigenvalue weighted by Gasteiger charge is -2.09. The van der Waals surface area contributed by atoms with Crippen molar-refractivity contribution in [3.63, 3.8) is 0 Å². The Morgan fingerprint density at radius 1 is 1.28 bits per heavy atom. The van der Waals surface area contributed by atoms with Crippen molar-refractivity contribution in [1.29, 1.82) is 0 Å². The number of ether oxygens (including phenoxy) is 1. The van der Waals surface area contributed by atoms with Crippen LogP contribution in [0, 0.1) is 5.82 Å². The van der Waals surface area contributed by atoms with Crippen molar-refractivity contribution < 1.29 is 9.13 Å². The van der Waals surface area contributed by atoms with Crippen molar-refractivity contribution in [2.45, 2.75) is 9.79 Å². The predicted molar refractivity (Wildman–Crippen MR) is 72.9 cm³/mol. The van der Waals surface area contributed by atoms with E-state index < -0.39 is 0 Å². The summed E-state index contributed by atoms with van der Waals surface area (Å²) in [6.07, 6.45) is 0. The van der Waals surface area contributed by atoms with E-state index in [0.717, 1.165) is 4.90 Å². The molecule has 0 spiro atoms. The molecule has 0 unspecified atom stereocenters. The minimum atomic E-state index is -0.377. The first-order chi connectivity index (χ1) is 8.60. The van der Waals surface area contributed by atoms with Crippen LogP contribution in [0.1, 0.15) is 0 Å². The molecule has 18 heavy (non-hydrogen) atoms. The van der Waals surface area contributed by atoms with Crippen LogP contribution in [-0.2, 0) is 0 Å². The van der Waals surface area contributed by atoms with Gasteiger partial charge in [-0.05, 0) is 24.3 Å². The van der Waals surface area contributed by atoms with Gasteiger partial charge >= 0.3 is 0 Å². The van der Waals surface area contributed by atoms with Gasteiger partial charge in [-0.1, -0.05) is 29.4 Å². The summed E-state index contributed by atoms with van der Waals surface area (Å²) >= 11 is 7.15. The van der Waals surface area contributed by atoms with Gasteiger partial charge in [-0.2, -0.15) is 0 Å². The molecule has 0 aliphatic heterocycles. The minimum Gasteiger partial charge on any atom is -0.495 e. The molecular formula is C13H11ClFNOS. The van der Waals surface area contributed by atoms with Gasteiger partial charge < -0.3 is 10.5 Å². The summed E-state index contributed by atoms with van der Waals surface area (Å²) < 4.78 is 18.8. The summed E-state index contributed by atoms with van der Waals surface area (Å²) in [4.78, 5) is 1.30. The summed E-state index contributed by atoms with van der Waals surface area (Å²) in [6, 6.07) is 10.1. The summed E-state index contributed by atoms with van der Waals surface area (Å²) in [5, 5.41) is 0.614. The molecular weight excluding hydrogens is 273 g/mol. The van der Waals surface area contributed by atoms with Gasteiger partial charge in [0.1, 0.15) is 11.6 Å². The van der Waals surface area contributed by atoms with Gasteiger partial charge in [0.25, 0.3) is 0 Å². The van der Waals surface area contributed by atoms with Crippen LogP contribution in [0.15, 0.2) is 46.2 Å². The molecule has 0 aliphatic carbocycles. The zero-order valence-corrected chi connectivity index (χ0v) is 11.2. The lowest BCUT2D eigenvalue weighted by Crippen LogP contribution is -1.94. The highest BCUT2D eigenvalue weighted by Crippen LogP contribution is 2.35. The van der Waals surface area contributed by atoms with Crippen molar-refractivity contribution in [1.82, 2.24) is 0 Å². The van der Waals surface area contributed by atoms with Crippen LogP contribution in [0.4, 0.5) is 10.1 Å². The molecule has 2 aromatic rings. The fourth-order valence-corrected chi connectivity index (χ4v) is 2.63. The average molecular weight is 284 g/mol. The predicted octanol–water partition coefficient (Wildman–Crippen LogP) is 4.22. The fraction of sp³-hybridized carbons (Fsp3) is 0.0769. The van der Waals surface area contributed by atoms with Crippen LogP contribution in [0.2, 0.25) is 5.02 Å². The third-order valence-corrected chi connectivity index (χ3v) is 3.57. The zero-order valence-electron chi connectivity index (χ0n) is 9.61. The molecule has 2 rings (SSSR count). The van der Waals surface area contributed by atoms with Gasteiger partial charge in [-0.25, -0.2) is 4.39 Å². The molecule has 0 atom stereocenters. The molecule has 0 saturated carbocycles. The van der Waals surface area contributed by atoms with Gasteiger partial charge in [0.15, 0.2) is 0 Å². The molecule has 0 fully saturated rings. The van der Waals surface area contributed by atoms with Crippen LogP contribution in [0.25, 0.3) is 0 Å². The number of anilines is 1. The Balaban J connectivity index is 2.34. The molecule has 2 nitrogen and oxygen atoms in total. The highest BCUT2D eigenvalue weighted by Gasteiger charge is 2.10. The SMILES string of the molecule is COc1cc(Sc2cccc(Cl)c2)c(F)cc1N. The number of nitrogens with two attached hydrogens (primary N) is 1. The van der Waals surface area contributed by atoms with Crippen LogP contribution in [0.5, 0.6) is 5.75 Å². The molecule has 2 aromatic carbocycles. The molecule has 0 saturated heterocycles. The molecule has 94 valence electrons. The van der Waals surface area contributed by atoms with E-state index in [1.54, 1.807) is 18.2 Å². The number of halogens is 2. The number of methoxy groups -OCH3 is 1. The van der Waals surface area contributed by atoms with Crippen molar-refractivity contribution in [2.75, 3.05) is 12.8 Å². The summed E-state index contributed by atoms with van der Waals surface area (Å²) in [5.74, 6) is 0.0826. The second-order valence-corrected chi connectivity index (χ2v) is 5.14. The Morgan fingerprint density at radius 2 is 2.06 bits per heavy atom. The maximum atomic E-state index is 13.8. The zero-order chi connectivity index (χ0) is 13.1. The van der Waals surface area contributed by atoms with E-state index in [9.17, 15) is 4.39 Å². The Hall–Kier alpha value is -1.39. The smallest absolute Gasteiger partial charge is 0.143 e. The van der Waals surface area contributed by atoms with Gasteiger partial charge in [0.05, 0.1) is 17.7 Å². The fourth-order valence-electron chi connectivity index (χ4n) is 1.46. The molecule has 0 aromatic heterocycles. The van der Waals surface area contributed by atoms with E-state index in [1.807, 2.05) is 12.1 Å². The van der Waals surface area contributed by atoms with Crippen LogP contribution in [0.3, 0.4) is 0 Å². The lowest BCUT2D eigenvalue weighted by atomic mass is 10.3. The number of rotatable bonds is 3. The van der Waals surface area contributed by atoms with Gasteiger partial charge in [-0.15, -0.1) is 0 Å². The molecule has 2 N–H and O–H groups in total. The maximum Gasteiger partial charge on any atom is 0.143 e. The number of benzene rings is 2. The summed E-state index contributed by atoms with van der Waals surface area (Å²) in [6.45, 7) is 0. The second kappa shape index (κ2) is 5.50. The van der Waals surface area contributed by atoms with Gasteiger partial charge in [0, 0.05) is 16.0 Å². The number of hydrogen-bond acceptors (Lipinski definition) is 3. The van der Waals surface area contributed by atoms with Crippen molar-refractivity contribution in [2.24, 2.45) is 0 Å². The lowest BCUT2D eigenvalue weighted by molar-refractivity contribution is 0.414. The normalized spacial score (nSPS) is 10.4. The van der Waals surface area contributed by atoms with Crippen molar-refractivity contribution in [3.8, 4) is 5.75 Å². The first-order valence-electron chi connectivity index (χ1n) is 5.16. The Kier molecular flexibility index (Phi) is 3.99. The molecule has 5 heteroatoms. The van der Waals surface area contributed by atoms with E-state index in [1.165, 1.54) is 24.9 Å². The van der Waals surface area contributed by atoms with Crippen LogP contribution < -0.4 is 10.5 Å². The first kappa shape index (κ1) is 13.1. The summed E-state index contributed by atoms with van der Waals surface area (Å²) in [7, 11) is 1.50. The minimum absolute atomic E-state index is 0.283. The van der Waals surface area contributed by atoms with E-state index in [2.05, 4.69) is 0 Å². The highest BCUT2D eigenvalue weighted by molar-refractivity contribution is 7.99. The monoisotopic (exact) mass is 283 g/mol.